The third-order valence-electron chi connectivity index (χ3n) is 3.43. The zero-order valence-electron chi connectivity index (χ0n) is 11.3. The van der Waals surface area contributed by atoms with E-state index in [1.54, 1.807) is 0 Å². The van der Waals surface area contributed by atoms with Gasteiger partial charge in [0.1, 0.15) is 7.05 Å². The van der Waals surface area contributed by atoms with Crippen LogP contribution in [0.3, 0.4) is 0 Å². The van der Waals surface area contributed by atoms with E-state index in [0.29, 0.717) is 0 Å². The number of benzene rings is 1. The third kappa shape index (κ3) is 2.10. The lowest BCUT2D eigenvalue weighted by molar-refractivity contribution is -0.666. The summed E-state index contributed by atoms with van der Waals surface area (Å²) >= 11 is 0. The van der Waals surface area contributed by atoms with Crippen LogP contribution in [0.2, 0.25) is 0 Å². The van der Waals surface area contributed by atoms with Crippen LogP contribution in [0.25, 0.3) is 11.3 Å². The van der Waals surface area contributed by atoms with Gasteiger partial charge in [-0.05, 0) is 37.5 Å². The summed E-state index contributed by atoms with van der Waals surface area (Å²) in [5.41, 5.74) is 7.96. The molecule has 0 amide bonds. The van der Waals surface area contributed by atoms with Crippen LogP contribution in [0.15, 0.2) is 30.3 Å². The van der Waals surface area contributed by atoms with Crippen LogP contribution in [-0.2, 0) is 7.05 Å². The monoisotopic (exact) mass is 226 g/mol. The van der Waals surface area contributed by atoms with Crippen molar-refractivity contribution in [3.05, 3.63) is 52.7 Å². The molecule has 1 heterocycles. The Kier molecular flexibility index (Phi) is 3.01. The predicted molar refractivity (Wildman–Crippen MR) is 72.0 cm³/mol. The minimum absolute atomic E-state index is 1.29. The number of rotatable bonds is 1. The van der Waals surface area contributed by atoms with E-state index in [4.69, 9.17) is 0 Å². The van der Waals surface area contributed by atoms with Crippen molar-refractivity contribution in [1.29, 1.82) is 0 Å². The molecule has 0 aliphatic rings. The Morgan fingerprint density at radius 2 is 1.47 bits per heavy atom. The summed E-state index contributed by atoms with van der Waals surface area (Å²) in [4.78, 5) is 0. The molecule has 0 aliphatic heterocycles. The van der Waals surface area contributed by atoms with E-state index >= 15 is 0 Å². The van der Waals surface area contributed by atoms with Crippen molar-refractivity contribution in [2.75, 3.05) is 0 Å². The molecule has 2 aromatic rings. The van der Waals surface area contributed by atoms with Crippen molar-refractivity contribution < 1.29 is 4.57 Å². The fourth-order valence-electron chi connectivity index (χ4n) is 2.43. The summed E-state index contributed by atoms with van der Waals surface area (Å²) in [5, 5.41) is 0. The van der Waals surface area contributed by atoms with Crippen LogP contribution in [0.1, 0.15) is 22.4 Å². The Hall–Kier alpha value is -1.63. The second-order valence-corrected chi connectivity index (χ2v) is 4.89. The minimum Gasteiger partial charge on any atom is -0.199 e. The highest BCUT2D eigenvalue weighted by Crippen LogP contribution is 2.25. The minimum atomic E-state index is 1.29. The maximum absolute atomic E-state index is 2.27. The third-order valence-corrected chi connectivity index (χ3v) is 3.43. The van der Waals surface area contributed by atoms with Crippen molar-refractivity contribution in [3.63, 3.8) is 0 Å². The van der Waals surface area contributed by atoms with Gasteiger partial charge in [0.25, 0.3) is 0 Å². The fraction of sp³-hybridized carbons (Fsp3) is 0.312. The SMILES string of the molecule is Cc1cc(C)[n+](C)c(-c2c(C)cccc2C)c1. The standard InChI is InChI=1S/C16H20N/c1-11-9-14(4)17(5)15(10-11)16-12(2)7-6-8-13(16)3/h6-10H,1-5H3/q+1. The summed E-state index contributed by atoms with van der Waals surface area (Å²) in [6.07, 6.45) is 0. The molecule has 0 radical (unpaired) electrons. The van der Waals surface area contributed by atoms with E-state index < -0.39 is 0 Å². The van der Waals surface area contributed by atoms with Crippen LogP contribution < -0.4 is 4.57 Å². The zero-order chi connectivity index (χ0) is 12.6. The summed E-state index contributed by atoms with van der Waals surface area (Å²) < 4.78 is 2.27. The molecule has 0 N–H and O–H groups in total. The summed E-state index contributed by atoms with van der Waals surface area (Å²) in [5.74, 6) is 0. The first-order valence-electron chi connectivity index (χ1n) is 6.04. The summed E-state index contributed by atoms with van der Waals surface area (Å²) in [6, 6.07) is 11.0. The molecule has 0 unspecified atom stereocenters. The van der Waals surface area contributed by atoms with E-state index in [1.165, 1.54) is 33.6 Å². The van der Waals surface area contributed by atoms with Gasteiger partial charge in [-0.25, -0.2) is 0 Å². The molecule has 1 nitrogen and oxygen atoms in total. The Morgan fingerprint density at radius 1 is 0.882 bits per heavy atom. The molecule has 17 heavy (non-hydrogen) atoms. The van der Waals surface area contributed by atoms with Gasteiger partial charge in [-0.15, -0.1) is 0 Å². The van der Waals surface area contributed by atoms with Gasteiger partial charge in [0, 0.05) is 19.1 Å². The molecule has 1 aromatic carbocycles. The van der Waals surface area contributed by atoms with Gasteiger partial charge in [-0.2, -0.15) is 4.57 Å². The molecule has 0 aliphatic carbocycles. The highest BCUT2D eigenvalue weighted by molar-refractivity contribution is 5.65. The predicted octanol–water partition coefficient (Wildman–Crippen LogP) is 3.41. The van der Waals surface area contributed by atoms with Crippen LogP contribution in [-0.4, -0.2) is 0 Å². The van der Waals surface area contributed by atoms with Crippen LogP contribution in [0.4, 0.5) is 0 Å². The molecule has 0 atom stereocenters. The number of hydrogen-bond donors (Lipinski definition) is 0. The number of aromatic nitrogens is 1. The summed E-state index contributed by atoms with van der Waals surface area (Å²) in [7, 11) is 2.13. The largest absolute Gasteiger partial charge is 0.213 e. The second kappa shape index (κ2) is 4.33. The lowest BCUT2D eigenvalue weighted by Gasteiger charge is -2.10. The number of hydrogen-bond acceptors (Lipinski definition) is 0. The van der Waals surface area contributed by atoms with Crippen molar-refractivity contribution in [3.8, 4) is 11.3 Å². The molecule has 0 saturated heterocycles. The Balaban J connectivity index is 2.77. The van der Waals surface area contributed by atoms with Gasteiger partial charge >= 0.3 is 0 Å². The van der Waals surface area contributed by atoms with Crippen molar-refractivity contribution in [1.82, 2.24) is 0 Å². The molecule has 0 saturated carbocycles. The lowest BCUT2D eigenvalue weighted by Crippen LogP contribution is -2.35. The molecular weight excluding hydrogens is 206 g/mol. The average molecular weight is 226 g/mol. The van der Waals surface area contributed by atoms with Gasteiger partial charge in [-0.3, -0.25) is 0 Å². The molecule has 2 rings (SSSR count). The van der Waals surface area contributed by atoms with Crippen molar-refractivity contribution in [2.24, 2.45) is 7.05 Å². The molecule has 0 spiro atoms. The van der Waals surface area contributed by atoms with E-state index in [0.717, 1.165) is 0 Å². The summed E-state index contributed by atoms with van der Waals surface area (Å²) in [6.45, 7) is 8.67. The first kappa shape index (κ1) is 11.8. The lowest BCUT2D eigenvalue weighted by atomic mass is 9.98. The van der Waals surface area contributed by atoms with Gasteiger partial charge in [0.15, 0.2) is 5.69 Å². The molecule has 88 valence electrons. The van der Waals surface area contributed by atoms with Crippen molar-refractivity contribution >= 4 is 0 Å². The van der Waals surface area contributed by atoms with Gasteiger partial charge in [0.2, 0.25) is 5.69 Å². The maximum Gasteiger partial charge on any atom is 0.213 e. The van der Waals surface area contributed by atoms with Crippen LogP contribution in [0, 0.1) is 27.7 Å². The highest BCUT2D eigenvalue weighted by Gasteiger charge is 2.16. The van der Waals surface area contributed by atoms with Gasteiger partial charge < -0.3 is 0 Å². The average Bonchev–Trinajstić information content (AvgIpc) is 2.24. The first-order valence-corrected chi connectivity index (χ1v) is 6.04. The van der Waals surface area contributed by atoms with E-state index in [9.17, 15) is 0 Å². The number of nitrogens with zero attached hydrogens (tertiary/aromatic N) is 1. The second-order valence-electron chi connectivity index (χ2n) is 4.89. The topological polar surface area (TPSA) is 3.88 Å². The number of aryl methyl sites for hydroxylation is 4. The Labute approximate surface area is 104 Å². The van der Waals surface area contributed by atoms with E-state index in [2.05, 4.69) is 69.6 Å². The van der Waals surface area contributed by atoms with Crippen LogP contribution >= 0.6 is 0 Å². The van der Waals surface area contributed by atoms with Crippen LogP contribution in [0.5, 0.6) is 0 Å². The quantitative estimate of drug-likeness (QED) is 0.656. The van der Waals surface area contributed by atoms with E-state index in [-0.39, 0.29) is 0 Å². The molecule has 1 heteroatoms. The van der Waals surface area contributed by atoms with E-state index in [1.807, 2.05) is 0 Å². The first-order chi connectivity index (χ1) is 8.00. The molecular formula is C16H20N+. The smallest absolute Gasteiger partial charge is 0.199 e. The molecule has 1 aromatic heterocycles. The maximum atomic E-state index is 2.27. The normalized spacial score (nSPS) is 10.6. The Bertz CT molecular complexity index is 548. The van der Waals surface area contributed by atoms with Gasteiger partial charge in [0.05, 0.1) is 5.56 Å². The Morgan fingerprint density at radius 3 is 2.06 bits per heavy atom. The fourth-order valence-corrected chi connectivity index (χ4v) is 2.43. The van der Waals surface area contributed by atoms with Crippen molar-refractivity contribution in [2.45, 2.75) is 27.7 Å². The zero-order valence-corrected chi connectivity index (χ0v) is 11.3. The van der Waals surface area contributed by atoms with Gasteiger partial charge in [-0.1, -0.05) is 18.2 Å². The molecule has 0 fully saturated rings. The molecule has 0 bridgehead atoms. The highest BCUT2D eigenvalue weighted by atomic mass is 14.9. The number of pyridine rings is 1.